The maximum Gasteiger partial charge on any atom is 0.221 e. The number of benzene rings is 3. The van der Waals surface area contributed by atoms with Gasteiger partial charge in [0.15, 0.2) is 0 Å². The van der Waals surface area contributed by atoms with E-state index in [0.29, 0.717) is 6.42 Å². The van der Waals surface area contributed by atoms with E-state index < -0.39 is 0 Å². The van der Waals surface area contributed by atoms with E-state index in [9.17, 15) is 4.79 Å². The normalized spacial score (nSPS) is 11.7. The van der Waals surface area contributed by atoms with Gasteiger partial charge >= 0.3 is 0 Å². The van der Waals surface area contributed by atoms with E-state index in [2.05, 4.69) is 60.8 Å². The second-order valence-corrected chi connectivity index (χ2v) is 7.40. The van der Waals surface area contributed by atoms with Crippen LogP contribution in [-0.4, -0.2) is 11.7 Å². The van der Waals surface area contributed by atoms with E-state index in [0.717, 1.165) is 16.9 Å². The molecule has 132 valence electrons. The molecule has 0 saturated heterocycles. The van der Waals surface area contributed by atoms with E-state index in [1.165, 1.54) is 10.5 Å². The van der Waals surface area contributed by atoms with Crippen LogP contribution >= 0.6 is 11.8 Å². The summed E-state index contributed by atoms with van der Waals surface area (Å²) >= 11 is 1.71. The second-order valence-electron chi connectivity index (χ2n) is 6.23. The Morgan fingerprint density at radius 2 is 1.42 bits per heavy atom. The van der Waals surface area contributed by atoms with Gasteiger partial charge in [0.1, 0.15) is 0 Å². The lowest BCUT2D eigenvalue weighted by Crippen LogP contribution is -2.29. The first kappa shape index (κ1) is 18.3. The zero-order valence-corrected chi connectivity index (χ0v) is 15.7. The fraction of sp³-hybridized carbons (Fsp3) is 0.174. The summed E-state index contributed by atoms with van der Waals surface area (Å²) in [7, 11) is 0. The molecule has 0 spiro atoms. The van der Waals surface area contributed by atoms with E-state index in [1.54, 1.807) is 11.8 Å². The van der Waals surface area contributed by atoms with Gasteiger partial charge in [0.2, 0.25) is 5.91 Å². The Bertz CT molecular complexity index is 816. The van der Waals surface area contributed by atoms with Crippen LogP contribution in [0, 0.1) is 6.92 Å². The van der Waals surface area contributed by atoms with Gasteiger partial charge in [-0.1, -0.05) is 78.4 Å². The molecule has 0 saturated carbocycles. The van der Waals surface area contributed by atoms with Crippen LogP contribution in [0.2, 0.25) is 0 Å². The van der Waals surface area contributed by atoms with Gasteiger partial charge in [-0.05, 0) is 30.2 Å². The number of carbonyl (C=O) groups is 1. The third kappa shape index (κ3) is 5.24. The average Bonchev–Trinajstić information content (AvgIpc) is 2.68. The minimum absolute atomic E-state index is 0.0721. The fourth-order valence-electron chi connectivity index (χ4n) is 2.77. The molecule has 2 nitrogen and oxygen atoms in total. The molecule has 3 aromatic carbocycles. The molecule has 0 fully saturated rings. The lowest BCUT2D eigenvalue weighted by molar-refractivity contribution is -0.121. The highest BCUT2D eigenvalue weighted by atomic mass is 32.2. The molecule has 1 N–H and O–H groups in total. The van der Waals surface area contributed by atoms with Gasteiger partial charge in [0.05, 0.1) is 6.04 Å². The Morgan fingerprint density at radius 3 is 2.08 bits per heavy atom. The van der Waals surface area contributed by atoms with Crippen LogP contribution in [0.15, 0.2) is 89.8 Å². The van der Waals surface area contributed by atoms with E-state index in [-0.39, 0.29) is 11.9 Å². The quantitative estimate of drug-likeness (QED) is 0.572. The van der Waals surface area contributed by atoms with Crippen molar-refractivity contribution in [3.63, 3.8) is 0 Å². The molecule has 3 aromatic rings. The molecule has 3 rings (SSSR count). The lowest BCUT2D eigenvalue weighted by atomic mass is 9.97. The van der Waals surface area contributed by atoms with E-state index >= 15 is 0 Å². The van der Waals surface area contributed by atoms with Crippen LogP contribution in [0.3, 0.4) is 0 Å². The fourth-order valence-corrected chi connectivity index (χ4v) is 3.65. The van der Waals surface area contributed by atoms with Crippen molar-refractivity contribution in [3.8, 4) is 0 Å². The molecule has 26 heavy (non-hydrogen) atoms. The number of carbonyl (C=O) groups excluding carboxylic acids is 1. The molecule has 1 amide bonds. The Labute approximate surface area is 159 Å². The summed E-state index contributed by atoms with van der Waals surface area (Å²) in [5, 5.41) is 3.20. The number of hydrogen-bond acceptors (Lipinski definition) is 2. The minimum Gasteiger partial charge on any atom is -0.345 e. The highest BCUT2D eigenvalue weighted by Gasteiger charge is 2.16. The summed E-state index contributed by atoms with van der Waals surface area (Å²) < 4.78 is 0. The maximum absolute atomic E-state index is 12.5. The van der Waals surface area contributed by atoms with Crippen LogP contribution in [0.25, 0.3) is 0 Å². The minimum atomic E-state index is -0.119. The van der Waals surface area contributed by atoms with Gasteiger partial charge in [0, 0.05) is 17.1 Å². The van der Waals surface area contributed by atoms with Crippen LogP contribution in [0.1, 0.15) is 29.2 Å². The predicted octanol–water partition coefficient (Wildman–Crippen LogP) is 5.38. The van der Waals surface area contributed by atoms with Gasteiger partial charge in [-0.3, -0.25) is 4.79 Å². The largest absolute Gasteiger partial charge is 0.345 e. The number of amides is 1. The van der Waals surface area contributed by atoms with E-state index in [1.807, 2.05) is 36.4 Å². The smallest absolute Gasteiger partial charge is 0.221 e. The van der Waals surface area contributed by atoms with Crippen molar-refractivity contribution < 1.29 is 4.79 Å². The monoisotopic (exact) mass is 361 g/mol. The first-order valence-corrected chi connectivity index (χ1v) is 9.79. The van der Waals surface area contributed by atoms with Gasteiger partial charge in [-0.2, -0.15) is 0 Å². The van der Waals surface area contributed by atoms with Crippen molar-refractivity contribution in [2.75, 3.05) is 5.75 Å². The van der Waals surface area contributed by atoms with Crippen LogP contribution < -0.4 is 5.32 Å². The van der Waals surface area contributed by atoms with Gasteiger partial charge in [-0.25, -0.2) is 0 Å². The van der Waals surface area contributed by atoms with Crippen molar-refractivity contribution in [2.24, 2.45) is 0 Å². The number of nitrogens with one attached hydrogen (secondary N) is 1. The molecule has 0 heterocycles. The third-order valence-electron chi connectivity index (χ3n) is 4.19. The zero-order chi connectivity index (χ0) is 18.2. The highest BCUT2D eigenvalue weighted by Crippen LogP contribution is 2.23. The SMILES string of the molecule is Cc1ccc([C@H](NC(=O)CCSc2ccccc2)c2ccccc2)cc1. The van der Waals surface area contributed by atoms with Crippen molar-refractivity contribution in [1.29, 1.82) is 0 Å². The lowest BCUT2D eigenvalue weighted by Gasteiger charge is -2.20. The molecule has 3 heteroatoms. The summed E-state index contributed by atoms with van der Waals surface area (Å²) in [4.78, 5) is 13.7. The Hall–Kier alpha value is -2.52. The molecular weight excluding hydrogens is 338 g/mol. The molecule has 0 aromatic heterocycles. The molecule has 0 aliphatic rings. The van der Waals surface area contributed by atoms with Crippen LogP contribution in [0.4, 0.5) is 0 Å². The molecule has 0 unspecified atom stereocenters. The Balaban J connectivity index is 1.65. The van der Waals surface area contributed by atoms with Crippen molar-refractivity contribution >= 4 is 17.7 Å². The average molecular weight is 362 g/mol. The first-order valence-electron chi connectivity index (χ1n) is 8.81. The van der Waals surface area contributed by atoms with Crippen molar-refractivity contribution in [3.05, 3.63) is 102 Å². The summed E-state index contributed by atoms with van der Waals surface area (Å²) in [5.41, 5.74) is 3.41. The maximum atomic E-state index is 12.5. The van der Waals surface area contributed by atoms with Gasteiger partial charge in [0.25, 0.3) is 0 Å². The molecule has 0 bridgehead atoms. The number of aryl methyl sites for hydroxylation is 1. The highest BCUT2D eigenvalue weighted by molar-refractivity contribution is 7.99. The second kappa shape index (κ2) is 9.25. The van der Waals surface area contributed by atoms with Crippen molar-refractivity contribution in [1.82, 2.24) is 5.32 Å². The Kier molecular flexibility index (Phi) is 6.50. The summed E-state index contributed by atoms with van der Waals surface area (Å²) in [6, 6.07) is 28.5. The molecule has 0 radical (unpaired) electrons. The molecule has 1 atom stereocenters. The molecule has 0 aliphatic carbocycles. The number of hydrogen-bond donors (Lipinski definition) is 1. The van der Waals surface area contributed by atoms with Gasteiger partial charge in [-0.15, -0.1) is 11.8 Å². The molecule has 0 aliphatic heterocycles. The summed E-state index contributed by atoms with van der Waals surface area (Å²) in [6.45, 7) is 2.07. The predicted molar refractivity (Wildman–Crippen MR) is 109 cm³/mol. The third-order valence-corrected chi connectivity index (χ3v) is 5.20. The molecular formula is C23H23NOS. The summed E-state index contributed by atoms with van der Waals surface area (Å²) in [6.07, 6.45) is 0.495. The van der Waals surface area contributed by atoms with Gasteiger partial charge < -0.3 is 5.32 Å². The van der Waals surface area contributed by atoms with Crippen molar-refractivity contribution in [2.45, 2.75) is 24.3 Å². The summed E-state index contributed by atoms with van der Waals surface area (Å²) in [5.74, 6) is 0.841. The zero-order valence-electron chi connectivity index (χ0n) is 14.9. The van der Waals surface area contributed by atoms with E-state index in [4.69, 9.17) is 0 Å². The Morgan fingerprint density at radius 1 is 0.846 bits per heavy atom. The first-order chi connectivity index (χ1) is 12.7. The van der Waals surface area contributed by atoms with Crippen LogP contribution in [-0.2, 0) is 4.79 Å². The number of rotatable bonds is 7. The topological polar surface area (TPSA) is 29.1 Å². The standard InChI is InChI=1S/C23H23NOS/c1-18-12-14-20(15-13-18)23(19-8-4-2-5-9-19)24-22(25)16-17-26-21-10-6-3-7-11-21/h2-15,23H,16-17H2,1H3,(H,24,25)/t23-/m1/s1. The number of thioether (sulfide) groups is 1. The van der Waals surface area contributed by atoms with Crippen LogP contribution in [0.5, 0.6) is 0 Å².